The van der Waals surface area contributed by atoms with Gasteiger partial charge in [-0.05, 0) is 18.2 Å². The topological polar surface area (TPSA) is 114 Å². The highest BCUT2D eigenvalue weighted by Crippen LogP contribution is 2.15. The van der Waals surface area contributed by atoms with Crippen LogP contribution in [0.5, 0.6) is 0 Å². The van der Waals surface area contributed by atoms with E-state index < -0.39 is 20.7 Å². The molecule has 0 aliphatic carbocycles. The molecule has 0 unspecified atom stereocenters. The Kier molecular flexibility index (Phi) is 4.64. The molecule has 1 aromatic carbocycles. The summed E-state index contributed by atoms with van der Waals surface area (Å²) in [5, 5.41) is 6.08. The molecule has 0 spiro atoms. The molecule has 0 saturated heterocycles. The third-order valence-electron chi connectivity index (χ3n) is 2.45. The lowest BCUT2D eigenvalue weighted by atomic mass is 10.2. The van der Waals surface area contributed by atoms with Gasteiger partial charge in [0.25, 0.3) is 0 Å². The van der Waals surface area contributed by atoms with Gasteiger partial charge in [-0.2, -0.15) is 5.10 Å². The Bertz CT molecular complexity index is 778. The van der Waals surface area contributed by atoms with Gasteiger partial charge in [0.05, 0.1) is 13.1 Å². The standard InChI is InChI=1S/C12H12FN5O2S/c13-10-6-9(2-1-5-14)3-4-11(10)21(19,20)17-7-12-15-8-16-18-12/h3-4,6,8,17H,5,7,14H2,(H,15,16,18). The molecule has 9 heteroatoms. The average Bonchev–Trinajstić information content (AvgIpc) is 2.96. The van der Waals surface area contributed by atoms with Crippen LogP contribution in [0.3, 0.4) is 0 Å². The smallest absolute Gasteiger partial charge is 0.243 e. The third-order valence-corrected chi connectivity index (χ3v) is 3.89. The quantitative estimate of drug-likeness (QED) is 0.673. The molecule has 2 aromatic rings. The van der Waals surface area contributed by atoms with Crippen molar-refractivity contribution in [1.29, 1.82) is 0 Å². The molecule has 4 N–H and O–H groups in total. The van der Waals surface area contributed by atoms with Crippen LogP contribution >= 0.6 is 0 Å². The maximum Gasteiger partial charge on any atom is 0.243 e. The van der Waals surface area contributed by atoms with Crippen molar-refractivity contribution < 1.29 is 12.8 Å². The Hall–Kier alpha value is -2.28. The molecule has 2 rings (SSSR count). The normalized spacial score (nSPS) is 11.0. The monoisotopic (exact) mass is 309 g/mol. The van der Waals surface area contributed by atoms with E-state index in [-0.39, 0.29) is 13.1 Å². The number of nitrogens with two attached hydrogens (primary N) is 1. The maximum absolute atomic E-state index is 13.9. The molecule has 7 nitrogen and oxygen atoms in total. The zero-order valence-electron chi connectivity index (χ0n) is 10.8. The molecule has 0 radical (unpaired) electrons. The van der Waals surface area contributed by atoms with Gasteiger partial charge in [-0.25, -0.2) is 22.5 Å². The minimum absolute atomic E-state index is 0.115. The van der Waals surface area contributed by atoms with E-state index in [1.807, 2.05) is 0 Å². The molecule has 0 saturated carbocycles. The van der Waals surface area contributed by atoms with Gasteiger partial charge in [-0.15, -0.1) is 0 Å². The fraction of sp³-hybridized carbons (Fsp3) is 0.167. The third kappa shape index (κ3) is 3.85. The first-order valence-corrected chi connectivity index (χ1v) is 7.33. The molecule has 0 fully saturated rings. The number of aromatic amines is 1. The minimum atomic E-state index is -3.99. The van der Waals surface area contributed by atoms with Crippen LogP contribution in [0.1, 0.15) is 11.4 Å². The first kappa shape index (κ1) is 15.1. The van der Waals surface area contributed by atoms with Crippen molar-refractivity contribution in [2.45, 2.75) is 11.4 Å². The van der Waals surface area contributed by atoms with Gasteiger partial charge in [0.1, 0.15) is 22.9 Å². The molecular formula is C12H12FN5O2S. The van der Waals surface area contributed by atoms with E-state index in [0.717, 1.165) is 12.1 Å². The highest BCUT2D eigenvalue weighted by atomic mass is 32.2. The molecule has 0 aliphatic heterocycles. The van der Waals surface area contributed by atoms with Crippen LogP contribution in [0, 0.1) is 17.7 Å². The number of rotatable bonds is 4. The van der Waals surface area contributed by atoms with Gasteiger partial charge >= 0.3 is 0 Å². The van der Waals surface area contributed by atoms with E-state index in [1.54, 1.807) is 0 Å². The molecule has 1 heterocycles. The molecule has 1 aromatic heterocycles. The van der Waals surface area contributed by atoms with Crippen LogP contribution < -0.4 is 10.5 Å². The van der Waals surface area contributed by atoms with Crippen molar-refractivity contribution >= 4 is 10.0 Å². The summed E-state index contributed by atoms with van der Waals surface area (Å²) in [7, 11) is -3.99. The van der Waals surface area contributed by atoms with Gasteiger partial charge < -0.3 is 5.73 Å². The number of halogens is 1. The number of hydrogen-bond donors (Lipinski definition) is 3. The number of aromatic nitrogens is 3. The lowest BCUT2D eigenvalue weighted by Gasteiger charge is -2.06. The number of benzene rings is 1. The highest BCUT2D eigenvalue weighted by Gasteiger charge is 2.19. The van der Waals surface area contributed by atoms with Gasteiger partial charge in [0.15, 0.2) is 0 Å². The second-order valence-electron chi connectivity index (χ2n) is 3.91. The van der Waals surface area contributed by atoms with Crippen molar-refractivity contribution in [2.24, 2.45) is 5.73 Å². The van der Waals surface area contributed by atoms with Crippen LogP contribution in [0.2, 0.25) is 0 Å². The summed E-state index contributed by atoms with van der Waals surface area (Å²) >= 11 is 0. The Balaban J connectivity index is 2.19. The lowest BCUT2D eigenvalue weighted by Crippen LogP contribution is -2.24. The lowest BCUT2D eigenvalue weighted by molar-refractivity contribution is 0.555. The van der Waals surface area contributed by atoms with Gasteiger partial charge in [0.2, 0.25) is 10.0 Å². The first-order chi connectivity index (χ1) is 10.0. The Morgan fingerprint density at radius 1 is 1.43 bits per heavy atom. The summed E-state index contributed by atoms with van der Waals surface area (Å²) in [5.74, 6) is 4.62. The first-order valence-electron chi connectivity index (χ1n) is 5.85. The Labute approximate surface area is 120 Å². The Morgan fingerprint density at radius 3 is 2.86 bits per heavy atom. The summed E-state index contributed by atoms with van der Waals surface area (Å²) in [5.41, 5.74) is 5.57. The fourth-order valence-corrected chi connectivity index (χ4v) is 2.55. The molecule has 0 atom stereocenters. The molecular weight excluding hydrogens is 297 g/mol. The van der Waals surface area contributed by atoms with Crippen LogP contribution in [0.25, 0.3) is 0 Å². The second-order valence-corrected chi connectivity index (χ2v) is 5.64. The van der Waals surface area contributed by atoms with Crippen molar-refractivity contribution in [3.63, 3.8) is 0 Å². The summed E-state index contributed by atoms with van der Waals surface area (Å²) in [6, 6.07) is 3.61. The van der Waals surface area contributed by atoms with E-state index in [2.05, 4.69) is 31.7 Å². The van der Waals surface area contributed by atoms with Crippen molar-refractivity contribution in [2.75, 3.05) is 6.54 Å². The zero-order chi connectivity index (χ0) is 15.3. The minimum Gasteiger partial charge on any atom is -0.320 e. The molecule has 0 bridgehead atoms. The van der Waals surface area contributed by atoms with Crippen LogP contribution in [-0.2, 0) is 16.6 Å². The highest BCUT2D eigenvalue weighted by molar-refractivity contribution is 7.89. The zero-order valence-corrected chi connectivity index (χ0v) is 11.6. The van der Waals surface area contributed by atoms with E-state index in [4.69, 9.17) is 5.73 Å². The Morgan fingerprint density at radius 2 is 2.24 bits per heavy atom. The van der Waals surface area contributed by atoms with Crippen LogP contribution in [0.15, 0.2) is 29.4 Å². The molecule has 0 amide bonds. The summed E-state index contributed by atoms with van der Waals surface area (Å²) in [6.45, 7) is 0.0247. The fourth-order valence-electron chi connectivity index (χ4n) is 1.51. The van der Waals surface area contributed by atoms with Crippen molar-refractivity contribution in [3.05, 3.63) is 41.7 Å². The van der Waals surface area contributed by atoms with Crippen LogP contribution in [-0.4, -0.2) is 30.1 Å². The summed E-state index contributed by atoms with van der Waals surface area (Å²) in [6.07, 6.45) is 1.25. The largest absolute Gasteiger partial charge is 0.320 e. The van der Waals surface area contributed by atoms with Crippen molar-refractivity contribution in [3.8, 4) is 11.8 Å². The number of nitrogens with zero attached hydrogens (tertiary/aromatic N) is 2. The number of sulfonamides is 1. The predicted octanol–water partition coefficient (Wildman–Crippen LogP) is -0.268. The predicted molar refractivity (Wildman–Crippen MR) is 72.7 cm³/mol. The maximum atomic E-state index is 13.9. The van der Waals surface area contributed by atoms with E-state index >= 15 is 0 Å². The number of nitrogens with one attached hydrogen (secondary N) is 2. The van der Waals surface area contributed by atoms with E-state index in [1.165, 1.54) is 12.4 Å². The van der Waals surface area contributed by atoms with Gasteiger partial charge in [0, 0.05) is 5.56 Å². The number of hydrogen-bond acceptors (Lipinski definition) is 5. The van der Waals surface area contributed by atoms with E-state index in [0.29, 0.717) is 11.4 Å². The molecule has 0 aliphatic rings. The van der Waals surface area contributed by atoms with Crippen molar-refractivity contribution in [1.82, 2.24) is 19.9 Å². The van der Waals surface area contributed by atoms with Crippen LogP contribution in [0.4, 0.5) is 4.39 Å². The molecule has 110 valence electrons. The summed E-state index contributed by atoms with van der Waals surface area (Å²) in [4.78, 5) is 3.31. The summed E-state index contributed by atoms with van der Waals surface area (Å²) < 4.78 is 40.1. The SMILES string of the molecule is NCC#Cc1ccc(S(=O)(=O)NCc2ncn[nH]2)c(F)c1. The average molecular weight is 309 g/mol. The second kappa shape index (κ2) is 6.45. The number of H-pyrrole nitrogens is 1. The van der Waals surface area contributed by atoms with E-state index in [9.17, 15) is 12.8 Å². The van der Waals surface area contributed by atoms with Gasteiger partial charge in [-0.1, -0.05) is 11.8 Å². The van der Waals surface area contributed by atoms with Gasteiger partial charge in [-0.3, -0.25) is 5.10 Å². The molecule has 21 heavy (non-hydrogen) atoms.